The van der Waals surface area contributed by atoms with E-state index >= 15 is 0 Å². The number of aromatic nitrogens is 8. The number of nitrogen functional groups attached to an aromatic ring is 2. The van der Waals surface area contributed by atoms with Gasteiger partial charge in [0, 0.05) is 52.0 Å². The average Bonchev–Trinajstić information content (AvgIpc) is 1.59. The summed E-state index contributed by atoms with van der Waals surface area (Å²) >= 11 is 5.84. The molecule has 0 saturated carbocycles. The molecule has 7 aromatic rings. The monoisotopic (exact) mass is 1460 g/mol. The van der Waals surface area contributed by atoms with Crippen LogP contribution in [-0.2, 0) is 78.6 Å². The van der Waals surface area contributed by atoms with Gasteiger partial charge >= 0.3 is 34.4 Å². The summed E-state index contributed by atoms with van der Waals surface area (Å²) < 4.78 is 92.7. The van der Waals surface area contributed by atoms with E-state index in [1.54, 1.807) is 92.2 Å². The second kappa shape index (κ2) is 38.3. The Morgan fingerprint density at radius 2 is 1.10 bits per heavy atom. The summed E-state index contributed by atoms with van der Waals surface area (Å²) in [6.07, 6.45) is 2.62. The predicted octanol–water partition coefficient (Wildman–Crippen LogP) is 6.28. The standard InChI is InChI=1S/C27H35N6O8P.C15H23ClNO4P.C12H13N5O4.C4H6N2.C3H9O4P/c1-4-18(5-2)13-38-26(36)17(3)32-42(37,41-19-9-7-6-8-10-19)39-14-21-23(34)24(35)27(15-28,40-21)22-12-11-20-25(29)30-16-31-33(20)22;1-4-13(5-2)11-20-15(18)12(3)17-22(16,19)21-14-9-7-6-8-10-14;13-4-12(10(20)9(19)7(3-18)21-12)8-2-1-6-11(14)15-5-16-17(6)8;1-6-3-2-5-4-6;1-5-8(4,6-2)7-3/h6-12,16-18,21,23-24,34-35H,4-5,13-14H2,1-3H3,(H,32,37)(H2,29,30,31);6-10,12-13H,4-5,11H2,1-3H3,(H,17,19);1-2,5,7,9-10,18-20H,3H2,(H2,14,15,16);2-4H,1H3;1-3H3/t17-,21+,23+,24+,27-,42?;12-,22?;7-,9-,10-,12+;;/m001../s1. The van der Waals surface area contributed by atoms with E-state index in [9.17, 15) is 59.3 Å². The molecular formula is C61H86ClN14O20P3. The number of rotatable bonds is 27. The highest BCUT2D eigenvalue weighted by Crippen LogP contribution is 2.50. The Morgan fingerprint density at radius 3 is 1.46 bits per heavy atom. The zero-order valence-corrected chi connectivity index (χ0v) is 59.5. The van der Waals surface area contributed by atoms with Gasteiger partial charge in [-0.15, -0.1) is 0 Å². The molecule has 2 aliphatic heterocycles. The van der Waals surface area contributed by atoms with Gasteiger partial charge in [0.05, 0.1) is 44.1 Å². The van der Waals surface area contributed by atoms with Crippen LogP contribution >= 0.6 is 33.7 Å². The highest BCUT2D eigenvalue weighted by Gasteiger charge is 2.59. The first-order valence-electron chi connectivity index (χ1n) is 30.9. The Balaban J connectivity index is 0.000000259. The molecule has 0 amide bonds. The number of para-hydroxylation sites is 2. The van der Waals surface area contributed by atoms with Crippen molar-refractivity contribution >= 4 is 68.3 Å². The van der Waals surface area contributed by atoms with Gasteiger partial charge in [-0.25, -0.2) is 42.8 Å². The van der Waals surface area contributed by atoms with Crippen LogP contribution in [0.1, 0.15) is 78.6 Å². The summed E-state index contributed by atoms with van der Waals surface area (Å²) in [6.45, 7) is 6.87. The quantitative estimate of drug-likeness (QED) is 0.0202. The van der Waals surface area contributed by atoms with Crippen LogP contribution in [0.15, 0.2) is 116 Å². The van der Waals surface area contributed by atoms with Crippen LogP contribution < -0.4 is 30.7 Å². The molecule has 0 radical (unpaired) electrons. The zero-order valence-electron chi connectivity index (χ0n) is 56.1. The van der Waals surface area contributed by atoms with Crippen molar-refractivity contribution in [2.75, 3.05) is 59.2 Å². The topological polar surface area (TPSA) is 481 Å². The van der Waals surface area contributed by atoms with E-state index in [0.717, 1.165) is 25.7 Å². The van der Waals surface area contributed by atoms with Gasteiger partial charge in [-0.2, -0.15) is 25.8 Å². The molecule has 542 valence electrons. The van der Waals surface area contributed by atoms with Crippen molar-refractivity contribution in [3.05, 3.63) is 128 Å². The Bertz CT molecular complexity index is 3870. The minimum atomic E-state index is -4.32. The van der Waals surface area contributed by atoms with Crippen molar-refractivity contribution in [1.29, 1.82) is 10.5 Å². The summed E-state index contributed by atoms with van der Waals surface area (Å²) in [4.78, 5) is 36.1. The molecule has 2 aromatic carbocycles. The normalized spacial score (nSPS) is 22.0. The van der Waals surface area contributed by atoms with Crippen molar-refractivity contribution in [3.8, 4) is 23.6 Å². The third-order valence-corrected chi connectivity index (χ3v) is 20.1. The molecule has 34 nitrogen and oxygen atoms in total. The molecule has 2 saturated heterocycles. The molecule has 7 heterocycles. The molecule has 9 rings (SSSR count). The highest BCUT2D eigenvalue weighted by atomic mass is 35.7. The molecule has 38 heteroatoms. The smallest absolute Gasteiger partial charge is 0.464 e. The fourth-order valence-corrected chi connectivity index (χ4v) is 13.1. The number of halogens is 1. The molecule has 0 spiro atoms. The van der Waals surface area contributed by atoms with Crippen molar-refractivity contribution in [2.24, 2.45) is 18.9 Å². The number of aliphatic hydroxyl groups excluding tert-OH is 5. The molecule has 0 bridgehead atoms. The zero-order chi connectivity index (χ0) is 73.3. The van der Waals surface area contributed by atoms with Gasteiger partial charge in [0.1, 0.15) is 96.0 Å². The summed E-state index contributed by atoms with van der Waals surface area (Å²) in [5.41, 5.74) is 8.80. The number of phosphoric ester groups is 1. The molecule has 2 unspecified atom stereocenters. The number of nitrogens with one attached hydrogen (secondary N) is 2. The van der Waals surface area contributed by atoms with E-state index in [1.807, 2.05) is 57.6 Å². The van der Waals surface area contributed by atoms with Crippen LogP contribution in [0.3, 0.4) is 0 Å². The second-order valence-electron chi connectivity index (χ2n) is 22.0. The Hall–Kier alpha value is -7.53. The third kappa shape index (κ3) is 21.7. The lowest BCUT2D eigenvalue weighted by Crippen LogP contribution is -2.41. The molecular weight excluding hydrogens is 1380 g/mol. The maximum Gasteiger partial charge on any atom is 0.473 e. The first kappa shape index (κ1) is 82.1. The fraction of sp³-hybridized carbons (Fsp3) is 0.492. The Labute approximate surface area is 576 Å². The number of nitrogens with two attached hydrogens (primary N) is 2. The molecule has 99 heavy (non-hydrogen) atoms. The number of nitrogens with zero attached hydrogens (tertiary/aromatic N) is 10. The number of fused-ring (bicyclic) bond motifs is 2. The lowest BCUT2D eigenvalue weighted by atomic mass is 9.92. The van der Waals surface area contributed by atoms with Crippen LogP contribution in [-0.4, -0.2) is 173 Å². The lowest BCUT2D eigenvalue weighted by molar-refractivity contribution is -0.147. The van der Waals surface area contributed by atoms with Gasteiger partial charge < -0.3 is 69.6 Å². The van der Waals surface area contributed by atoms with Crippen molar-refractivity contribution in [2.45, 2.75) is 127 Å². The Kier molecular flexibility index (Phi) is 31.8. The van der Waals surface area contributed by atoms with E-state index in [1.165, 1.54) is 62.1 Å². The summed E-state index contributed by atoms with van der Waals surface area (Å²) in [5.74, 6) is 0.265. The largest absolute Gasteiger partial charge is 0.473 e. The fourth-order valence-electron chi connectivity index (χ4n) is 9.46. The number of imidazole rings is 1. The van der Waals surface area contributed by atoms with E-state index < -0.39 is 108 Å². The van der Waals surface area contributed by atoms with E-state index in [-0.39, 0.29) is 41.3 Å². The summed E-state index contributed by atoms with van der Waals surface area (Å²) in [5, 5.41) is 83.9. The number of carbonyl (C=O) groups excluding carboxylic acids is 2. The summed E-state index contributed by atoms with van der Waals surface area (Å²) in [7, 11) is -1.77. The average molecular weight is 1460 g/mol. The number of nitriles is 2. The van der Waals surface area contributed by atoms with E-state index in [0.29, 0.717) is 29.3 Å². The van der Waals surface area contributed by atoms with Crippen LogP contribution in [0.5, 0.6) is 11.5 Å². The van der Waals surface area contributed by atoms with Gasteiger partial charge in [0.25, 0.3) is 0 Å². The number of carbonyl (C=O) groups is 2. The minimum absolute atomic E-state index is 0.0961. The first-order chi connectivity index (χ1) is 47.1. The van der Waals surface area contributed by atoms with Crippen LogP contribution in [0, 0.1) is 34.5 Å². The SMILES string of the molecule is CCC(CC)COC(=O)[C@H](C)NP(=O)(Cl)Oc1ccccc1.CCC(CC)COC(=O)[C@H](C)NP(=O)(OC[C@H]1O[C@@](C#N)(c2ccc3c(N)ncnn23)[C@H](O)[C@@H]1O)Oc1ccccc1.COP(=O)(OC)OC.Cn1ccnc1.N#C[C@@]1(c2ccc3c(N)ncnn23)O[C@H](CO)[C@@H](O)[C@H]1O. The van der Waals surface area contributed by atoms with Gasteiger partial charge in [0.15, 0.2) is 11.6 Å². The molecule has 2 aliphatic rings. The third-order valence-electron chi connectivity index (χ3n) is 15.4. The van der Waals surface area contributed by atoms with Crippen LogP contribution in [0.2, 0.25) is 0 Å². The van der Waals surface area contributed by atoms with Crippen molar-refractivity contribution in [1.82, 2.24) is 48.9 Å². The molecule has 2 fully saturated rings. The maximum absolute atomic E-state index is 13.9. The first-order valence-corrected chi connectivity index (χ1v) is 36.4. The summed E-state index contributed by atoms with van der Waals surface area (Å²) in [6, 6.07) is 24.7. The van der Waals surface area contributed by atoms with Crippen molar-refractivity contribution < 1.29 is 94.9 Å². The van der Waals surface area contributed by atoms with Crippen LogP contribution in [0.25, 0.3) is 11.0 Å². The second-order valence-corrected chi connectivity index (χ2v) is 28.4. The maximum atomic E-state index is 13.9. The number of ether oxygens (including phenoxy) is 4. The Morgan fingerprint density at radius 1 is 0.677 bits per heavy atom. The van der Waals surface area contributed by atoms with Crippen LogP contribution in [0.4, 0.5) is 11.6 Å². The predicted molar refractivity (Wildman–Crippen MR) is 358 cm³/mol. The van der Waals surface area contributed by atoms with E-state index in [2.05, 4.69) is 48.9 Å². The van der Waals surface area contributed by atoms with Gasteiger partial charge in [-0.1, -0.05) is 89.8 Å². The molecule has 12 atom stereocenters. The molecule has 11 N–H and O–H groups in total. The number of aliphatic hydroxyl groups is 5. The highest BCUT2D eigenvalue weighted by molar-refractivity contribution is 7.84. The van der Waals surface area contributed by atoms with E-state index in [4.69, 9.17) is 55.2 Å². The van der Waals surface area contributed by atoms with Gasteiger partial charge in [0.2, 0.25) is 11.2 Å². The number of phosphoric acid groups is 1. The minimum Gasteiger partial charge on any atom is -0.464 e. The van der Waals surface area contributed by atoms with Gasteiger partial charge in [-0.05, 0) is 74.2 Å². The van der Waals surface area contributed by atoms with Crippen molar-refractivity contribution in [3.63, 3.8) is 0 Å². The number of hydrogen-bond donors (Lipinski definition) is 9. The molecule has 0 aliphatic carbocycles. The lowest BCUT2D eigenvalue weighted by Gasteiger charge is -2.25. The number of esters is 2. The number of anilines is 2. The van der Waals surface area contributed by atoms with Gasteiger partial charge in [-0.3, -0.25) is 27.7 Å². The number of benzene rings is 2. The number of aryl methyl sites for hydroxylation is 1. The molecule has 5 aromatic heterocycles. The number of hydrogen-bond acceptors (Lipinski definition) is 29.